The lowest BCUT2D eigenvalue weighted by Crippen LogP contribution is -2.58. The van der Waals surface area contributed by atoms with Gasteiger partial charge in [0.25, 0.3) is 0 Å². The van der Waals surface area contributed by atoms with Crippen molar-refractivity contribution in [3.63, 3.8) is 0 Å². The first-order chi connectivity index (χ1) is 20.3. The van der Waals surface area contributed by atoms with Crippen molar-refractivity contribution in [2.75, 3.05) is 13.2 Å². The number of fused-ring (bicyclic) bond motifs is 3. The third-order valence-electron chi connectivity index (χ3n) is 9.23. The number of hydrogen-bond donors (Lipinski definition) is 3. The van der Waals surface area contributed by atoms with Crippen molar-refractivity contribution < 1.29 is 28.0 Å². The van der Waals surface area contributed by atoms with Crippen molar-refractivity contribution >= 4 is 36.5 Å². The van der Waals surface area contributed by atoms with Crippen LogP contribution in [-0.2, 0) is 23.8 Å². The number of carbonyl (C=O) groups is 1. The Hall–Kier alpha value is -2.65. The normalized spacial score (nSPS) is 25.1. The third-order valence-corrected chi connectivity index (χ3v) is 11.7. The van der Waals surface area contributed by atoms with E-state index in [1.165, 1.54) is 18.2 Å². The Kier molecular flexibility index (Phi) is 10.2. The predicted octanol–water partition coefficient (Wildman–Crippen LogP) is 7.55. The molecule has 0 aliphatic heterocycles. The first kappa shape index (κ1) is 33.2. The number of thiocarbonyl (C=S) groups is 1. The predicted molar refractivity (Wildman–Crippen MR) is 170 cm³/mol. The number of nitrogens with zero attached hydrogens (tertiary/aromatic N) is 1. The fraction of sp³-hybridized carbons (Fsp3) is 0.531. The molecule has 4 atom stereocenters. The van der Waals surface area contributed by atoms with Gasteiger partial charge in [0, 0.05) is 11.1 Å². The molecule has 0 bridgehead atoms. The van der Waals surface area contributed by atoms with Crippen LogP contribution in [0.1, 0.15) is 101 Å². The SMILES string of the molecule is CCOP(=O)(OCC)C(NC(=S)NC(=O)[C@]1(C)CCC[C@]2(C)c3ccc(C(C)C)cc3/C(=N\O)CC12)c1ccccc1F. The largest absolute Gasteiger partial charge is 0.411 e. The van der Waals surface area contributed by atoms with Crippen LogP contribution in [0, 0.1) is 17.2 Å². The summed E-state index contributed by atoms with van der Waals surface area (Å²) in [5.74, 6) is -2.06. The van der Waals surface area contributed by atoms with Crippen molar-refractivity contribution in [2.45, 2.75) is 84.3 Å². The van der Waals surface area contributed by atoms with Gasteiger partial charge in [0.15, 0.2) is 10.9 Å². The Morgan fingerprint density at radius 3 is 2.44 bits per heavy atom. The maximum Gasteiger partial charge on any atom is 0.357 e. The van der Waals surface area contributed by atoms with Crippen LogP contribution >= 0.6 is 19.8 Å². The van der Waals surface area contributed by atoms with Gasteiger partial charge in [-0.25, -0.2) is 4.39 Å². The molecule has 8 nitrogen and oxygen atoms in total. The summed E-state index contributed by atoms with van der Waals surface area (Å²) < 4.78 is 39.9. The van der Waals surface area contributed by atoms with E-state index in [-0.39, 0.29) is 41.1 Å². The third kappa shape index (κ3) is 6.30. The summed E-state index contributed by atoms with van der Waals surface area (Å²) in [7, 11) is -3.95. The lowest BCUT2D eigenvalue weighted by Gasteiger charge is -2.54. The molecule has 234 valence electrons. The minimum absolute atomic E-state index is 0.0502. The van der Waals surface area contributed by atoms with E-state index < -0.39 is 24.6 Å². The summed E-state index contributed by atoms with van der Waals surface area (Å²) in [5.41, 5.74) is 2.58. The van der Waals surface area contributed by atoms with E-state index in [1.807, 2.05) is 6.92 Å². The summed E-state index contributed by atoms with van der Waals surface area (Å²) in [6.07, 6.45) is 2.73. The van der Waals surface area contributed by atoms with Gasteiger partial charge in [-0.05, 0) is 85.8 Å². The van der Waals surface area contributed by atoms with Gasteiger partial charge in [0.1, 0.15) is 5.82 Å². The van der Waals surface area contributed by atoms with E-state index >= 15 is 0 Å². The lowest BCUT2D eigenvalue weighted by molar-refractivity contribution is -0.136. The molecule has 43 heavy (non-hydrogen) atoms. The smallest absolute Gasteiger partial charge is 0.357 e. The van der Waals surface area contributed by atoms with Crippen LogP contribution in [0.2, 0.25) is 0 Å². The summed E-state index contributed by atoms with van der Waals surface area (Å²) >= 11 is 5.57. The number of amides is 1. The van der Waals surface area contributed by atoms with Crippen LogP contribution in [0.4, 0.5) is 4.39 Å². The lowest BCUT2D eigenvalue weighted by atomic mass is 9.49. The molecule has 1 fully saturated rings. The van der Waals surface area contributed by atoms with Crippen LogP contribution in [0.25, 0.3) is 0 Å². The van der Waals surface area contributed by atoms with E-state index in [9.17, 15) is 19.0 Å². The van der Waals surface area contributed by atoms with E-state index in [0.29, 0.717) is 24.5 Å². The quantitative estimate of drug-likeness (QED) is 0.113. The number of rotatable bonds is 9. The number of hydrogen-bond acceptors (Lipinski definition) is 7. The standard InChI is InChI=1S/C32H43FN3O5PS/c1-7-40-42(39,41-8-2)28(22-12-9-10-13-25(22)33)34-30(43)35-29(37)32(6)17-11-16-31(5)24-15-14-21(20(3)4)18-23(24)26(36-38)19-27(31)32/h9-10,12-15,18,20,27-28,38H,7-8,11,16-17,19H2,1-6H3,(H2,34,35,37,43)/b36-26-/t27?,28?,31-,32-/m1/s1. The van der Waals surface area contributed by atoms with Crippen molar-refractivity contribution in [1.82, 2.24) is 10.6 Å². The van der Waals surface area contributed by atoms with Crippen LogP contribution in [0.15, 0.2) is 47.6 Å². The van der Waals surface area contributed by atoms with E-state index in [4.69, 9.17) is 21.3 Å². The van der Waals surface area contributed by atoms with Crippen LogP contribution in [0.5, 0.6) is 0 Å². The molecule has 0 radical (unpaired) electrons. The highest BCUT2D eigenvalue weighted by Crippen LogP contribution is 2.60. The molecular weight excluding hydrogens is 588 g/mol. The number of carbonyl (C=O) groups excluding carboxylic acids is 1. The molecule has 2 aliphatic rings. The fourth-order valence-electron chi connectivity index (χ4n) is 6.95. The first-order valence-electron chi connectivity index (χ1n) is 15.0. The molecule has 1 amide bonds. The highest BCUT2D eigenvalue weighted by atomic mass is 32.1. The second-order valence-electron chi connectivity index (χ2n) is 12.2. The molecule has 2 aromatic rings. The van der Waals surface area contributed by atoms with E-state index in [1.54, 1.807) is 19.9 Å². The monoisotopic (exact) mass is 631 g/mol. The Morgan fingerprint density at radius 2 is 1.84 bits per heavy atom. The minimum Gasteiger partial charge on any atom is -0.411 e. The molecule has 0 saturated heterocycles. The zero-order valence-corrected chi connectivity index (χ0v) is 27.5. The van der Waals surface area contributed by atoms with Crippen molar-refractivity contribution in [1.29, 1.82) is 0 Å². The zero-order chi connectivity index (χ0) is 31.6. The molecule has 2 aromatic carbocycles. The van der Waals surface area contributed by atoms with Gasteiger partial charge in [-0.1, -0.05) is 69.6 Å². The number of nitrogens with one attached hydrogen (secondary N) is 2. The molecule has 1 saturated carbocycles. The van der Waals surface area contributed by atoms with Gasteiger partial charge < -0.3 is 24.9 Å². The van der Waals surface area contributed by atoms with Gasteiger partial charge in [-0.15, -0.1) is 0 Å². The maximum absolute atomic E-state index is 15.0. The molecule has 0 spiro atoms. The van der Waals surface area contributed by atoms with Gasteiger partial charge in [0.2, 0.25) is 5.91 Å². The summed E-state index contributed by atoms with van der Waals surface area (Å²) in [6.45, 7) is 11.8. The highest BCUT2D eigenvalue weighted by molar-refractivity contribution is 7.80. The van der Waals surface area contributed by atoms with Gasteiger partial charge in [0.05, 0.1) is 24.3 Å². The summed E-state index contributed by atoms with van der Waals surface area (Å²) in [4.78, 5) is 14.1. The Balaban J connectivity index is 1.65. The number of halogens is 1. The number of benzene rings is 2. The Bertz CT molecular complexity index is 1440. The molecule has 0 aromatic heterocycles. The summed E-state index contributed by atoms with van der Waals surface area (Å²) in [6, 6.07) is 12.2. The Morgan fingerprint density at radius 1 is 1.16 bits per heavy atom. The minimum atomic E-state index is -3.95. The van der Waals surface area contributed by atoms with Gasteiger partial charge in [-0.3, -0.25) is 9.36 Å². The van der Waals surface area contributed by atoms with Crippen molar-refractivity contribution in [2.24, 2.45) is 16.5 Å². The zero-order valence-electron chi connectivity index (χ0n) is 25.8. The Labute approximate surface area is 259 Å². The van der Waals surface area contributed by atoms with Gasteiger partial charge in [-0.2, -0.15) is 0 Å². The molecule has 2 unspecified atom stereocenters. The van der Waals surface area contributed by atoms with Gasteiger partial charge >= 0.3 is 7.60 Å². The molecule has 2 aliphatic carbocycles. The second-order valence-corrected chi connectivity index (χ2v) is 14.7. The van der Waals surface area contributed by atoms with Crippen LogP contribution in [-0.4, -0.2) is 35.2 Å². The van der Waals surface area contributed by atoms with Crippen molar-refractivity contribution in [3.8, 4) is 0 Å². The first-order valence-corrected chi connectivity index (χ1v) is 17.0. The highest BCUT2D eigenvalue weighted by Gasteiger charge is 2.56. The van der Waals surface area contributed by atoms with Crippen LogP contribution < -0.4 is 10.6 Å². The summed E-state index contributed by atoms with van der Waals surface area (Å²) in [5, 5.41) is 19.4. The fourth-order valence-corrected chi connectivity index (χ4v) is 9.18. The average molecular weight is 632 g/mol. The van der Waals surface area contributed by atoms with E-state index in [2.05, 4.69) is 54.8 Å². The second kappa shape index (κ2) is 13.1. The van der Waals surface area contributed by atoms with Crippen molar-refractivity contribution in [3.05, 3.63) is 70.5 Å². The molecule has 0 heterocycles. The topological polar surface area (TPSA) is 109 Å². The molecular formula is C32H43FN3O5PS. The average Bonchev–Trinajstić information content (AvgIpc) is 2.96. The molecule has 11 heteroatoms. The van der Waals surface area contributed by atoms with E-state index in [0.717, 1.165) is 29.5 Å². The number of oxime groups is 1. The maximum atomic E-state index is 15.0. The molecule has 3 N–H and O–H groups in total. The van der Waals surface area contributed by atoms with Crippen LogP contribution in [0.3, 0.4) is 0 Å². The molecule has 4 rings (SSSR count).